The molecule has 6 atom stereocenters. The lowest BCUT2D eigenvalue weighted by atomic mass is 9.48. The quantitative estimate of drug-likeness (QED) is 0.623. The lowest BCUT2D eigenvalue weighted by molar-refractivity contribution is -0.137. The molecular formula is C26H37N3O2S. The molecule has 0 aromatic carbocycles. The van der Waals surface area contributed by atoms with E-state index in [0.29, 0.717) is 24.2 Å². The minimum Gasteiger partial charge on any atom is -0.319 e. The molecule has 4 aliphatic rings. The number of allylic oxidation sites excluding steroid dienone is 2. The summed E-state index contributed by atoms with van der Waals surface area (Å²) in [7, 11) is 1.98. The van der Waals surface area contributed by atoms with Gasteiger partial charge in [-0.25, -0.2) is 4.98 Å². The molecule has 2 amide bonds. The van der Waals surface area contributed by atoms with Gasteiger partial charge in [-0.2, -0.15) is 0 Å². The highest BCUT2D eigenvalue weighted by atomic mass is 32.1. The summed E-state index contributed by atoms with van der Waals surface area (Å²) in [6, 6.07) is 0. The summed E-state index contributed by atoms with van der Waals surface area (Å²) in [6.45, 7) is 11.1. The highest BCUT2D eigenvalue weighted by Crippen LogP contribution is 2.66. The molecule has 5 nitrogen and oxygen atoms in total. The van der Waals surface area contributed by atoms with Gasteiger partial charge in [0.1, 0.15) is 0 Å². The lowest BCUT2D eigenvalue weighted by Gasteiger charge is -2.59. The number of thiazole rings is 1. The SMILES string of the molecule is CC1=C2N(C)C(=O)CC[C@]2(C)[C@H]2CC[C@]3(C)[C@@H](C(=O)Nc4nc(C)c(C)s4)CC[C@H]3[C@@H]2C1. The molecule has 1 aromatic rings. The Morgan fingerprint density at radius 3 is 2.56 bits per heavy atom. The third kappa shape index (κ3) is 3.04. The number of likely N-dealkylation sites (tertiary alicyclic amines) is 1. The number of aryl methyl sites for hydroxylation is 2. The number of nitrogens with one attached hydrogen (secondary N) is 1. The zero-order valence-electron chi connectivity index (χ0n) is 20.4. The highest BCUT2D eigenvalue weighted by molar-refractivity contribution is 7.15. The molecule has 0 spiro atoms. The van der Waals surface area contributed by atoms with Crippen LogP contribution in [0.1, 0.15) is 76.3 Å². The average molecular weight is 456 g/mol. The predicted octanol–water partition coefficient (Wildman–Crippen LogP) is 5.69. The van der Waals surface area contributed by atoms with Crippen molar-refractivity contribution in [3.8, 4) is 0 Å². The monoisotopic (exact) mass is 455 g/mol. The van der Waals surface area contributed by atoms with Crippen LogP contribution < -0.4 is 5.32 Å². The van der Waals surface area contributed by atoms with Crippen molar-refractivity contribution in [1.82, 2.24) is 9.88 Å². The Morgan fingerprint density at radius 1 is 1.12 bits per heavy atom. The van der Waals surface area contributed by atoms with Crippen LogP contribution in [-0.4, -0.2) is 28.7 Å². The van der Waals surface area contributed by atoms with Gasteiger partial charge in [0.05, 0.1) is 5.69 Å². The van der Waals surface area contributed by atoms with E-state index in [0.717, 1.165) is 49.4 Å². The van der Waals surface area contributed by atoms with Crippen LogP contribution in [0.25, 0.3) is 0 Å². The number of fused-ring (bicyclic) bond motifs is 5. The number of anilines is 1. The fourth-order valence-corrected chi connectivity index (χ4v) is 9.08. The zero-order chi connectivity index (χ0) is 23.0. The first kappa shape index (κ1) is 22.1. The van der Waals surface area contributed by atoms with E-state index in [4.69, 9.17) is 0 Å². The number of hydrogen-bond acceptors (Lipinski definition) is 4. The van der Waals surface area contributed by atoms with Gasteiger partial charge in [0, 0.05) is 35.4 Å². The van der Waals surface area contributed by atoms with E-state index >= 15 is 0 Å². The summed E-state index contributed by atoms with van der Waals surface area (Å²) in [4.78, 5) is 33.5. The van der Waals surface area contributed by atoms with E-state index in [1.165, 1.54) is 16.1 Å². The molecule has 3 aliphatic carbocycles. The van der Waals surface area contributed by atoms with Crippen LogP contribution in [-0.2, 0) is 9.59 Å². The summed E-state index contributed by atoms with van der Waals surface area (Å²) in [5.41, 5.74) is 3.85. The molecule has 1 saturated heterocycles. The summed E-state index contributed by atoms with van der Waals surface area (Å²) in [6.07, 6.45) is 7.08. The molecule has 5 rings (SSSR count). The van der Waals surface area contributed by atoms with Crippen LogP contribution in [0.4, 0.5) is 5.13 Å². The Kier molecular flexibility index (Phi) is 5.12. The maximum Gasteiger partial charge on any atom is 0.229 e. The first-order chi connectivity index (χ1) is 15.1. The number of carbonyl (C=O) groups is 2. The maximum absolute atomic E-state index is 13.4. The summed E-state index contributed by atoms with van der Waals surface area (Å²) in [5, 5.41) is 3.91. The van der Waals surface area contributed by atoms with Crippen LogP contribution in [0.15, 0.2) is 11.3 Å². The van der Waals surface area contributed by atoms with Gasteiger partial charge in [0.2, 0.25) is 11.8 Å². The van der Waals surface area contributed by atoms with Gasteiger partial charge < -0.3 is 10.2 Å². The Balaban J connectivity index is 1.41. The minimum atomic E-state index is 0.0527. The van der Waals surface area contributed by atoms with Crippen molar-refractivity contribution in [2.75, 3.05) is 12.4 Å². The van der Waals surface area contributed by atoms with Crippen molar-refractivity contribution in [1.29, 1.82) is 0 Å². The molecule has 2 saturated carbocycles. The second-order valence-electron chi connectivity index (χ2n) is 11.4. The maximum atomic E-state index is 13.4. The van der Waals surface area contributed by atoms with Crippen molar-refractivity contribution >= 4 is 28.3 Å². The van der Waals surface area contributed by atoms with E-state index < -0.39 is 0 Å². The van der Waals surface area contributed by atoms with Gasteiger partial charge in [-0.15, -0.1) is 11.3 Å². The van der Waals surface area contributed by atoms with Crippen molar-refractivity contribution in [2.24, 2.45) is 34.5 Å². The van der Waals surface area contributed by atoms with Gasteiger partial charge in [-0.1, -0.05) is 19.4 Å². The molecule has 3 fully saturated rings. The second-order valence-corrected chi connectivity index (χ2v) is 12.6. The molecule has 32 heavy (non-hydrogen) atoms. The van der Waals surface area contributed by atoms with Crippen molar-refractivity contribution < 1.29 is 9.59 Å². The first-order valence-electron chi connectivity index (χ1n) is 12.3. The molecule has 1 aliphatic heterocycles. The molecule has 0 radical (unpaired) electrons. The van der Waals surface area contributed by atoms with Crippen LogP contribution >= 0.6 is 11.3 Å². The molecule has 0 bridgehead atoms. The predicted molar refractivity (Wildman–Crippen MR) is 128 cm³/mol. The van der Waals surface area contributed by atoms with Crippen LogP contribution in [0.2, 0.25) is 0 Å². The lowest BCUT2D eigenvalue weighted by Crippen LogP contribution is -2.54. The average Bonchev–Trinajstić information content (AvgIpc) is 3.23. The largest absolute Gasteiger partial charge is 0.319 e. The number of rotatable bonds is 2. The Hall–Kier alpha value is -1.69. The number of carbonyl (C=O) groups excluding carboxylic acids is 2. The number of hydrogen-bond donors (Lipinski definition) is 1. The van der Waals surface area contributed by atoms with Crippen LogP contribution in [0, 0.1) is 48.3 Å². The molecule has 2 heterocycles. The fourth-order valence-electron chi connectivity index (χ4n) is 8.26. The Morgan fingerprint density at radius 2 is 1.88 bits per heavy atom. The molecular weight excluding hydrogens is 418 g/mol. The highest BCUT2D eigenvalue weighted by Gasteiger charge is 2.61. The van der Waals surface area contributed by atoms with Gasteiger partial charge in [0.15, 0.2) is 5.13 Å². The Labute approximate surface area is 196 Å². The van der Waals surface area contributed by atoms with E-state index in [1.807, 2.05) is 18.9 Å². The molecule has 0 unspecified atom stereocenters. The Bertz CT molecular complexity index is 993. The van der Waals surface area contributed by atoms with Gasteiger partial charge >= 0.3 is 0 Å². The van der Waals surface area contributed by atoms with Crippen molar-refractivity contribution in [2.45, 2.75) is 79.6 Å². The van der Waals surface area contributed by atoms with Crippen molar-refractivity contribution in [3.63, 3.8) is 0 Å². The first-order valence-corrected chi connectivity index (χ1v) is 13.1. The molecule has 1 aromatic heterocycles. The zero-order valence-corrected chi connectivity index (χ0v) is 21.2. The van der Waals surface area contributed by atoms with Gasteiger partial charge in [-0.05, 0) is 82.5 Å². The topological polar surface area (TPSA) is 62.3 Å². The standard InChI is InChI=1S/C26H37N3O2S/c1-14-13-17-18-7-8-20(23(31)28-24-27-15(2)16(3)32-24)25(18,4)11-9-19(17)26(5)12-10-21(30)29(6)22(14)26/h17-20H,7-13H2,1-6H3,(H,27,28,31)/t17-,18-,19-,20+,25-,26+/m0/s1. The third-order valence-electron chi connectivity index (χ3n) is 9.89. The minimum absolute atomic E-state index is 0.0527. The fraction of sp³-hybridized carbons (Fsp3) is 0.731. The number of amides is 2. The summed E-state index contributed by atoms with van der Waals surface area (Å²) >= 11 is 1.58. The number of piperidine rings is 1. The third-order valence-corrected chi connectivity index (χ3v) is 10.9. The van der Waals surface area contributed by atoms with Gasteiger partial charge in [-0.3, -0.25) is 9.59 Å². The van der Waals surface area contributed by atoms with Crippen LogP contribution in [0.5, 0.6) is 0 Å². The summed E-state index contributed by atoms with van der Waals surface area (Å²) in [5.74, 6) is 2.30. The smallest absolute Gasteiger partial charge is 0.229 e. The van der Waals surface area contributed by atoms with E-state index in [2.05, 4.69) is 38.0 Å². The molecule has 174 valence electrons. The van der Waals surface area contributed by atoms with Crippen molar-refractivity contribution in [3.05, 3.63) is 21.8 Å². The summed E-state index contributed by atoms with van der Waals surface area (Å²) < 4.78 is 0. The van der Waals surface area contributed by atoms with E-state index in [9.17, 15) is 9.59 Å². The second kappa shape index (κ2) is 7.41. The number of nitrogens with zero attached hydrogens (tertiary/aromatic N) is 2. The normalized spacial score (nSPS) is 38.9. The molecule has 1 N–H and O–H groups in total. The van der Waals surface area contributed by atoms with E-state index in [-0.39, 0.29) is 28.6 Å². The van der Waals surface area contributed by atoms with Crippen LogP contribution in [0.3, 0.4) is 0 Å². The molecule has 6 heteroatoms. The number of aromatic nitrogens is 1. The van der Waals surface area contributed by atoms with E-state index in [1.54, 1.807) is 11.3 Å². The van der Waals surface area contributed by atoms with Gasteiger partial charge in [0.25, 0.3) is 0 Å².